The van der Waals surface area contributed by atoms with Gasteiger partial charge in [0.2, 0.25) is 5.89 Å². The molecule has 1 aromatic carbocycles. The SMILES string of the molecule is CCn1ncc(Br)c1C(=O)NC(C)c1nc2ccccc2o1. The number of amides is 1. The number of halogens is 1. The van der Waals surface area contributed by atoms with Gasteiger partial charge in [0.05, 0.1) is 10.7 Å². The summed E-state index contributed by atoms with van der Waals surface area (Å²) in [6.07, 6.45) is 1.61. The smallest absolute Gasteiger partial charge is 0.271 e. The van der Waals surface area contributed by atoms with Gasteiger partial charge in [-0.1, -0.05) is 12.1 Å². The van der Waals surface area contributed by atoms with Gasteiger partial charge in [0, 0.05) is 6.54 Å². The third kappa shape index (κ3) is 2.64. The maximum absolute atomic E-state index is 12.4. The van der Waals surface area contributed by atoms with Gasteiger partial charge in [-0.25, -0.2) is 4.98 Å². The van der Waals surface area contributed by atoms with Crippen molar-refractivity contribution in [3.63, 3.8) is 0 Å². The summed E-state index contributed by atoms with van der Waals surface area (Å²) in [4.78, 5) is 16.8. The summed E-state index contributed by atoms with van der Waals surface area (Å²) < 4.78 is 7.98. The van der Waals surface area contributed by atoms with Crippen LogP contribution in [0.3, 0.4) is 0 Å². The maximum Gasteiger partial charge on any atom is 0.271 e. The van der Waals surface area contributed by atoms with Crippen LogP contribution >= 0.6 is 15.9 Å². The lowest BCUT2D eigenvalue weighted by Crippen LogP contribution is -2.29. The van der Waals surface area contributed by atoms with E-state index in [0.29, 0.717) is 28.2 Å². The molecule has 0 aliphatic rings. The Bertz CT molecular complexity index is 791. The molecule has 0 bridgehead atoms. The van der Waals surface area contributed by atoms with Crippen LogP contribution in [-0.2, 0) is 6.54 Å². The third-order valence-electron chi connectivity index (χ3n) is 3.34. The Labute approximate surface area is 135 Å². The van der Waals surface area contributed by atoms with Crippen LogP contribution in [0.1, 0.15) is 36.3 Å². The number of hydrogen-bond donors (Lipinski definition) is 1. The molecule has 1 amide bonds. The maximum atomic E-state index is 12.4. The number of aryl methyl sites for hydroxylation is 1. The van der Waals surface area contributed by atoms with E-state index in [1.54, 1.807) is 10.9 Å². The first-order chi connectivity index (χ1) is 10.6. The van der Waals surface area contributed by atoms with Crippen LogP contribution in [0.5, 0.6) is 0 Å². The summed E-state index contributed by atoms with van der Waals surface area (Å²) in [5.41, 5.74) is 1.97. The molecule has 114 valence electrons. The first kappa shape index (κ1) is 14.8. The molecule has 7 heteroatoms. The van der Waals surface area contributed by atoms with Crippen molar-refractivity contribution in [2.45, 2.75) is 26.4 Å². The zero-order chi connectivity index (χ0) is 15.7. The zero-order valence-electron chi connectivity index (χ0n) is 12.2. The Morgan fingerprint density at radius 3 is 2.95 bits per heavy atom. The molecule has 0 aliphatic carbocycles. The number of carbonyl (C=O) groups is 1. The Morgan fingerprint density at radius 2 is 2.23 bits per heavy atom. The lowest BCUT2D eigenvalue weighted by Gasteiger charge is -2.11. The van der Waals surface area contributed by atoms with Gasteiger partial charge in [0.25, 0.3) is 5.91 Å². The van der Waals surface area contributed by atoms with Gasteiger partial charge in [-0.3, -0.25) is 9.48 Å². The van der Waals surface area contributed by atoms with E-state index in [1.165, 1.54) is 0 Å². The molecule has 0 radical (unpaired) electrons. The fourth-order valence-corrected chi connectivity index (χ4v) is 2.71. The molecule has 1 unspecified atom stereocenters. The van der Waals surface area contributed by atoms with E-state index in [0.717, 1.165) is 5.52 Å². The predicted molar refractivity (Wildman–Crippen MR) is 85.5 cm³/mol. The number of nitrogens with one attached hydrogen (secondary N) is 1. The van der Waals surface area contributed by atoms with Gasteiger partial charge in [0.1, 0.15) is 17.3 Å². The van der Waals surface area contributed by atoms with Crippen molar-refractivity contribution in [1.29, 1.82) is 0 Å². The number of benzene rings is 1. The van der Waals surface area contributed by atoms with Crippen LogP contribution in [0, 0.1) is 0 Å². The van der Waals surface area contributed by atoms with E-state index in [1.807, 2.05) is 38.1 Å². The normalized spacial score (nSPS) is 12.5. The number of nitrogens with zero attached hydrogens (tertiary/aromatic N) is 3. The number of oxazole rings is 1. The first-order valence-corrected chi connectivity index (χ1v) is 7.77. The number of aromatic nitrogens is 3. The molecule has 6 nitrogen and oxygen atoms in total. The minimum absolute atomic E-state index is 0.221. The van der Waals surface area contributed by atoms with Gasteiger partial charge in [-0.05, 0) is 41.9 Å². The molecule has 0 saturated carbocycles. The Hall–Kier alpha value is -2.15. The number of fused-ring (bicyclic) bond motifs is 1. The summed E-state index contributed by atoms with van der Waals surface area (Å²) >= 11 is 3.35. The molecule has 2 heterocycles. The largest absolute Gasteiger partial charge is 0.438 e. The van der Waals surface area contributed by atoms with Gasteiger partial charge in [-0.15, -0.1) is 0 Å². The molecule has 0 aliphatic heterocycles. The van der Waals surface area contributed by atoms with Gasteiger partial charge >= 0.3 is 0 Å². The minimum Gasteiger partial charge on any atom is -0.438 e. The number of hydrogen-bond acceptors (Lipinski definition) is 4. The molecule has 22 heavy (non-hydrogen) atoms. The number of carbonyl (C=O) groups excluding carboxylic acids is 1. The van der Waals surface area contributed by atoms with E-state index in [2.05, 4.69) is 31.3 Å². The Balaban J connectivity index is 1.82. The van der Waals surface area contributed by atoms with Crippen molar-refractivity contribution < 1.29 is 9.21 Å². The highest BCUT2D eigenvalue weighted by molar-refractivity contribution is 9.10. The Kier molecular flexibility index (Phi) is 3.98. The van der Waals surface area contributed by atoms with Crippen LogP contribution in [0.4, 0.5) is 0 Å². The van der Waals surface area contributed by atoms with Crippen molar-refractivity contribution in [2.24, 2.45) is 0 Å². The second-order valence-corrected chi connectivity index (χ2v) is 5.73. The van der Waals surface area contributed by atoms with E-state index in [9.17, 15) is 4.79 Å². The van der Waals surface area contributed by atoms with Crippen molar-refractivity contribution in [2.75, 3.05) is 0 Å². The lowest BCUT2D eigenvalue weighted by atomic mass is 10.3. The summed E-state index contributed by atoms with van der Waals surface area (Å²) in [7, 11) is 0. The molecular weight excluding hydrogens is 348 g/mol. The van der Waals surface area contributed by atoms with E-state index >= 15 is 0 Å². The average Bonchev–Trinajstić information content (AvgIpc) is 3.10. The minimum atomic E-state index is -0.341. The summed E-state index contributed by atoms with van der Waals surface area (Å²) in [5.74, 6) is 0.259. The second-order valence-electron chi connectivity index (χ2n) is 4.87. The molecule has 0 spiro atoms. The van der Waals surface area contributed by atoms with Crippen LogP contribution in [0.15, 0.2) is 39.4 Å². The first-order valence-electron chi connectivity index (χ1n) is 6.97. The number of para-hydroxylation sites is 2. The zero-order valence-corrected chi connectivity index (χ0v) is 13.8. The number of rotatable bonds is 4. The topological polar surface area (TPSA) is 73.0 Å². The van der Waals surface area contributed by atoms with Crippen molar-refractivity contribution in [1.82, 2.24) is 20.1 Å². The van der Waals surface area contributed by atoms with Crippen molar-refractivity contribution in [3.05, 3.63) is 46.5 Å². The molecule has 1 atom stereocenters. The van der Waals surface area contributed by atoms with Crippen LogP contribution in [0.2, 0.25) is 0 Å². The highest BCUT2D eigenvalue weighted by Gasteiger charge is 2.21. The molecule has 3 aromatic rings. The third-order valence-corrected chi connectivity index (χ3v) is 3.92. The predicted octanol–water partition coefficient (Wildman–Crippen LogP) is 3.30. The molecule has 2 aromatic heterocycles. The monoisotopic (exact) mass is 362 g/mol. The second kappa shape index (κ2) is 5.92. The van der Waals surface area contributed by atoms with E-state index in [-0.39, 0.29) is 11.9 Å². The molecule has 0 fully saturated rings. The summed E-state index contributed by atoms with van der Waals surface area (Å²) in [6.45, 7) is 4.38. The Morgan fingerprint density at radius 1 is 1.45 bits per heavy atom. The fraction of sp³-hybridized carbons (Fsp3) is 0.267. The fourth-order valence-electron chi connectivity index (χ4n) is 2.23. The quantitative estimate of drug-likeness (QED) is 0.772. The lowest BCUT2D eigenvalue weighted by molar-refractivity contribution is 0.0923. The molecule has 3 rings (SSSR count). The molecule has 0 saturated heterocycles. The van der Waals surface area contributed by atoms with Gasteiger partial charge in [0.15, 0.2) is 5.58 Å². The summed E-state index contributed by atoms with van der Waals surface area (Å²) in [5, 5.41) is 7.03. The van der Waals surface area contributed by atoms with Crippen LogP contribution < -0.4 is 5.32 Å². The van der Waals surface area contributed by atoms with E-state index < -0.39 is 0 Å². The van der Waals surface area contributed by atoms with Crippen molar-refractivity contribution >= 4 is 32.9 Å². The van der Waals surface area contributed by atoms with E-state index in [4.69, 9.17) is 4.42 Å². The molecule has 1 N–H and O–H groups in total. The van der Waals surface area contributed by atoms with Crippen LogP contribution in [0.25, 0.3) is 11.1 Å². The highest BCUT2D eigenvalue weighted by Crippen LogP contribution is 2.21. The van der Waals surface area contributed by atoms with Crippen LogP contribution in [-0.4, -0.2) is 20.7 Å². The highest BCUT2D eigenvalue weighted by atomic mass is 79.9. The van der Waals surface area contributed by atoms with Crippen molar-refractivity contribution in [3.8, 4) is 0 Å². The summed E-state index contributed by atoms with van der Waals surface area (Å²) in [6, 6.07) is 7.17. The average molecular weight is 363 g/mol. The molecular formula is C15H15BrN4O2. The van der Waals surface area contributed by atoms with Gasteiger partial charge < -0.3 is 9.73 Å². The van der Waals surface area contributed by atoms with Gasteiger partial charge in [-0.2, -0.15) is 5.10 Å². The standard InChI is InChI=1S/C15H15BrN4O2/c1-3-20-13(10(16)8-17-20)14(21)18-9(2)15-19-11-6-4-5-7-12(11)22-15/h4-9H,3H2,1-2H3,(H,18,21).